The molecule has 92 valence electrons. The summed E-state index contributed by atoms with van der Waals surface area (Å²) in [4.78, 5) is 17.5. The average molecular weight is 246 g/mol. The van der Waals surface area contributed by atoms with Crippen LogP contribution in [0.15, 0.2) is 35.3 Å². The van der Waals surface area contributed by atoms with Crippen molar-refractivity contribution in [2.45, 2.75) is 0 Å². The molecule has 0 aliphatic rings. The van der Waals surface area contributed by atoms with E-state index >= 15 is 0 Å². The molecule has 0 unspecified atom stereocenters. The van der Waals surface area contributed by atoms with Crippen LogP contribution in [0.25, 0.3) is 12.2 Å². The van der Waals surface area contributed by atoms with E-state index in [2.05, 4.69) is 9.97 Å². The van der Waals surface area contributed by atoms with Crippen molar-refractivity contribution in [3.8, 4) is 5.75 Å². The zero-order valence-corrected chi connectivity index (χ0v) is 9.68. The first kappa shape index (κ1) is 12.0. The lowest BCUT2D eigenvalue weighted by Crippen LogP contribution is -2.05. The van der Waals surface area contributed by atoms with Gasteiger partial charge in [0.15, 0.2) is 11.6 Å². The highest BCUT2D eigenvalue weighted by Gasteiger charge is 2.01. The van der Waals surface area contributed by atoms with Crippen molar-refractivity contribution in [3.05, 3.63) is 58.0 Å². The molecular weight excluding hydrogens is 235 g/mol. The molecular formula is C13H11FN2O2. The van der Waals surface area contributed by atoms with Gasteiger partial charge in [-0.05, 0) is 23.8 Å². The standard InChI is InChI=1S/C13H11FN2O2/c1-18-11-4-2-9(8-10(11)14)3-5-12-15-7-6-13(17)16-12/h2-8H,1H3,(H,15,16,17)/b5-3+. The first-order valence-corrected chi connectivity index (χ1v) is 5.26. The van der Waals surface area contributed by atoms with Crippen LogP contribution in [0.2, 0.25) is 0 Å². The summed E-state index contributed by atoms with van der Waals surface area (Å²) in [6.45, 7) is 0. The second-order valence-electron chi connectivity index (χ2n) is 3.55. The van der Waals surface area contributed by atoms with E-state index in [1.807, 2.05) is 0 Å². The first-order chi connectivity index (χ1) is 8.69. The Balaban J connectivity index is 2.24. The lowest BCUT2D eigenvalue weighted by molar-refractivity contribution is 0.386. The Morgan fingerprint density at radius 2 is 2.17 bits per heavy atom. The summed E-state index contributed by atoms with van der Waals surface area (Å²) in [5, 5.41) is 0. The molecule has 1 heterocycles. The smallest absolute Gasteiger partial charge is 0.251 e. The molecule has 4 nitrogen and oxygen atoms in total. The van der Waals surface area contributed by atoms with E-state index in [0.29, 0.717) is 11.4 Å². The Kier molecular flexibility index (Phi) is 3.52. The van der Waals surface area contributed by atoms with Crippen molar-refractivity contribution in [2.24, 2.45) is 0 Å². The number of halogens is 1. The lowest BCUT2D eigenvalue weighted by Gasteiger charge is -2.01. The SMILES string of the molecule is COc1ccc(/C=C/c2nccc(=O)[nH]2)cc1F. The average Bonchev–Trinajstić information content (AvgIpc) is 2.37. The maximum Gasteiger partial charge on any atom is 0.251 e. The fourth-order valence-electron chi connectivity index (χ4n) is 1.43. The minimum Gasteiger partial charge on any atom is -0.494 e. The van der Waals surface area contributed by atoms with E-state index in [-0.39, 0.29) is 11.3 Å². The predicted molar refractivity (Wildman–Crippen MR) is 66.7 cm³/mol. The number of aromatic nitrogens is 2. The van der Waals surface area contributed by atoms with Gasteiger partial charge in [-0.2, -0.15) is 0 Å². The van der Waals surface area contributed by atoms with Gasteiger partial charge in [0.25, 0.3) is 5.56 Å². The van der Waals surface area contributed by atoms with Crippen LogP contribution in [0.5, 0.6) is 5.75 Å². The molecule has 0 aliphatic carbocycles. The fourth-order valence-corrected chi connectivity index (χ4v) is 1.43. The van der Waals surface area contributed by atoms with E-state index in [9.17, 15) is 9.18 Å². The number of H-pyrrole nitrogens is 1. The summed E-state index contributed by atoms with van der Waals surface area (Å²) in [5.41, 5.74) is 0.422. The Hall–Kier alpha value is -2.43. The number of aromatic amines is 1. The Labute approximate surface area is 103 Å². The Morgan fingerprint density at radius 3 is 2.83 bits per heavy atom. The summed E-state index contributed by atoms with van der Waals surface area (Å²) < 4.78 is 18.2. The van der Waals surface area contributed by atoms with Crippen LogP contribution < -0.4 is 10.3 Å². The van der Waals surface area contributed by atoms with Gasteiger partial charge >= 0.3 is 0 Å². The van der Waals surface area contributed by atoms with Crippen LogP contribution >= 0.6 is 0 Å². The van der Waals surface area contributed by atoms with Crippen LogP contribution in [-0.4, -0.2) is 17.1 Å². The van der Waals surface area contributed by atoms with Crippen molar-refractivity contribution in [1.29, 1.82) is 0 Å². The second kappa shape index (κ2) is 5.27. The Bertz CT molecular complexity index is 635. The number of hydrogen-bond donors (Lipinski definition) is 1. The van der Waals surface area contributed by atoms with Gasteiger partial charge in [-0.15, -0.1) is 0 Å². The maximum absolute atomic E-state index is 13.4. The van der Waals surface area contributed by atoms with Gasteiger partial charge in [-0.25, -0.2) is 9.37 Å². The maximum atomic E-state index is 13.4. The van der Waals surface area contributed by atoms with Crippen LogP contribution in [-0.2, 0) is 0 Å². The number of methoxy groups -OCH3 is 1. The zero-order valence-electron chi connectivity index (χ0n) is 9.68. The summed E-state index contributed by atoms with van der Waals surface area (Å²) in [7, 11) is 1.41. The second-order valence-corrected chi connectivity index (χ2v) is 3.55. The number of benzene rings is 1. The zero-order chi connectivity index (χ0) is 13.0. The van der Waals surface area contributed by atoms with Crippen molar-refractivity contribution in [2.75, 3.05) is 7.11 Å². The molecule has 0 saturated heterocycles. The van der Waals surface area contributed by atoms with E-state index in [1.165, 1.54) is 31.5 Å². The molecule has 0 fully saturated rings. The first-order valence-electron chi connectivity index (χ1n) is 5.26. The fraction of sp³-hybridized carbons (Fsp3) is 0.0769. The molecule has 1 aromatic heterocycles. The molecule has 0 bridgehead atoms. The van der Waals surface area contributed by atoms with Gasteiger partial charge in [0, 0.05) is 12.3 Å². The molecule has 0 saturated carbocycles. The number of rotatable bonds is 3. The quantitative estimate of drug-likeness (QED) is 0.902. The highest BCUT2D eigenvalue weighted by atomic mass is 19.1. The molecule has 18 heavy (non-hydrogen) atoms. The monoisotopic (exact) mass is 246 g/mol. The number of nitrogens with zero attached hydrogens (tertiary/aromatic N) is 1. The van der Waals surface area contributed by atoms with Crippen LogP contribution in [0.4, 0.5) is 4.39 Å². The van der Waals surface area contributed by atoms with Gasteiger partial charge in [-0.1, -0.05) is 12.1 Å². The third-order valence-electron chi connectivity index (χ3n) is 2.30. The molecule has 1 aromatic carbocycles. The van der Waals surface area contributed by atoms with Crippen molar-refractivity contribution >= 4 is 12.2 Å². The van der Waals surface area contributed by atoms with E-state index < -0.39 is 5.82 Å². The summed E-state index contributed by atoms with van der Waals surface area (Å²) in [6, 6.07) is 5.91. The van der Waals surface area contributed by atoms with Gasteiger partial charge < -0.3 is 9.72 Å². The van der Waals surface area contributed by atoms with Crippen molar-refractivity contribution in [3.63, 3.8) is 0 Å². The van der Waals surface area contributed by atoms with Crippen molar-refractivity contribution < 1.29 is 9.13 Å². The number of hydrogen-bond acceptors (Lipinski definition) is 3. The normalized spacial score (nSPS) is 10.8. The minimum absolute atomic E-state index is 0.193. The van der Waals surface area contributed by atoms with Crippen LogP contribution in [0.3, 0.4) is 0 Å². The van der Waals surface area contributed by atoms with Gasteiger partial charge in [0.05, 0.1) is 7.11 Å². The largest absolute Gasteiger partial charge is 0.494 e. The molecule has 0 spiro atoms. The van der Waals surface area contributed by atoms with Gasteiger partial charge in [-0.3, -0.25) is 4.79 Å². The lowest BCUT2D eigenvalue weighted by atomic mass is 10.2. The van der Waals surface area contributed by atoms with E-state index in [0.717, 1.165) is 0 Å². The molecule has 0 radical (unpaired) electrons. The topological polar surface area (TPSA) is 55.0 Å². The predicted octanol–water partition coefficient (Wildman–Crippen LogP) is 2.09. The number of nitrogens with one attached hydrogen (secondary N) is 1. The van der Waals surface area contributed by atoms with Gasteiger partial charge in [0.2, 0.25) is 0 Å². The minimum atomic E-state index is -0.436. The highest BCUT2D eigenvalue weighted by Crippen LogP contribution is 2.18. The summed E-state index contributed by atoms with van der Waals surface area (Å²) in [5.74, 6) is 0.172. The highest BCUT2D eigenvalue weighted by molar-refractivity contribution is 5.66. The van der Waals surface area contributed by atoms with Gasteiger partial charge in [0.1, 0.15) is 5.82 Å². The molecule has 5 heteroatoms. The van der Waals surface area contributed by atoms with Crippen LogP contribution in [0.1, 0.15) is 11.4 Å². The molecule has 0 aliphatic heterocycles. The molecule has 0 atom stereocenters. The van der Waals surface area contributed by atoms with Crippen molar-refractivity contribution in [1.82, 2.24) is 9.97 Å². The molecule has 2 aromatic rings. The number of ether oxygens (including phenoxy) is 1. The molecule has 1 N–H and O–H groups in total. The summed E-state index contributed by atoms with van der Waals surface area (Å²) >= 11 is 0. The molecule has 0 amide bonds. The van der Waals surface area contributed by atoms with E-state index in [1.54, 1.807) is 18.2 Å². The molecule has 2 rings (SSSR count). The summed E-state index contributed by atoms with van der Waals surface area (Å²) in [6.07, 6.45) is 4.66. The van der Waals surface area contributed by atoms with E-state index in [4.69, 9.17) is 4.74 Å². The third-order valence-corrected chi connectivity index (χ3v) is 2.30. The Morgan fingerprint density at radius 1 is 1.33 bits per heavy atom. The van der Waals surface area contributed by atoms with Crippen LogP contribution in [0, 0.1) is 5.82 Å². The third kappa shape index (κ3) is 2.82.